The van der Waals surface area contributed by atoms with Gasteiger partial charge in [-0.25, -0.2) is 0 Å². The predicted octanol–water partition coefficient (Wildman–Crippen LogP) is 2.19. The zero-order valence-corrected chi connectivity index (χ0v) is 8.79. The Morgan fingerprint density at radius 3 is 2.50 bits per heavy atom. The summed E-state index contributed by atoms with van der Waals surface area (Å²) in [4.78, 5) is 0. The van der Waals surface area contributed by atoms with Gasteiger partial charge < -0.3 is 10.1 Å². The molecule has 1 aromatic rings. The second kappa shape index (κ2) is 4.01. The Labute approximate surface area is 85.3 Å². The van der Waals surface area contributed by atoms with E-state index in [0.717, 1.165) is 24.3 Å². The highest BCUT2D eigenvalue weighted by atomic mass is 16.5. The molecule has 0 heterocycles. The average molecular weight is 191 g/mol. The molecule has 2 rings (SSSR count). The van der Waals surface area contributed by atoms with Crippen molar-refractivity contribution >= 4 is 0 Å². The van der Waals surface area contributed by atoms with Crippen LogP contribution in [-0.2, 0) is 6.54 Å². The van der Waals surface area contributed by atoms with Crippen LogP contribution in [0, 0.1) is 5.92 Å². The van der Waals surface area contributed by atoms with E-state index >= 15 is 0 Å². The van der Waals surface area contributed by atoms with Crippen LogP contribution in [0.2, 0.25) is 0 Å². The molecule has 0 aliphatic heterocycles. The lowest BCUT2D eigenvalue weighted by Crippen LogP contribution is -2.16. The third kappa shape index (κ3) is 2.26. The van der Waals surface area contributed by atoms with E-state index in [2.05, 4.69) is 24.4 Å². The molecule has 0 spiro atoms. The first-order valence-corrected chi connectivity index (χ1v) is 5.16. The van der Waals surface area contributed by atoms with E-state index in [-0.39, 0.29) is 0 Å². The van der Waals surface area contributed by atoms with Crippen molar-refractivity contribution in [2.75, 3.05) is 7.11 Å². The van der Waals surface area contributed by atoms with Crippen LogP contribution < -0.4 is 10.1 Å². The topological polar surface area (TPSA) is 21.3 Å². The fourth-order valence-corrected chi connectivity index (χ4v) is 1.60. The van der Waals surface area contributed by atoms with Crippen LogP contribution in [0.4, 0.5) is 0 Å². The molecule has 0 aromatic heterocycles. The lowest BCUT2D eigenvalue weighted by molar-refractivity contribution is 0.414. The molecule has 14 heavy (non-hydrogen) atoms. The second-order valence-electron chi connectivity index (χ2n) is 4.05. The van der Waals surface area contributed by atoms with Crippen LogP contribution in [0.5, 0.6) is 5.75 Å². The van der Waals surface area contributed by atoms with Gasteiger partial charge in [-0.05, 0) is 30.0 Å². The van der Waals surface area contributed by atoms with Gasteiger partial charge in [0.25, 0.3) is 0 Å². The standard InChI is InChI=1S/C12H17NO/c1-9-7-12(9)13-8-10-3-5-11(14-2)6-4-10/h3-6,9,12-13H,7-8H2,1-2H3/t9-,12-/m0/s1. The van der Waals surface area contributed by atoms with E-state index in [9.17, 15) is 0 Å². The zero-order valence-electron chi connectivity index (χ0n) is 8.79. The molecule has 2 atom stereocenters. The molecule has 0 bridgehead atoms. The van der Waals surface area contributed by atoms with Crippen molar-refractivity contribution in [3.8, 4) is 5.75 Å². The van der Waals surface area contributed by atoms with E-state index in [1.54, 1.807) is 7.11 Å². The van der Waals surface area contributed by atoms with Crippen molar-refractivity contribution in [1.29, 1.82) is 0 Å². The summed E-state index contributed by atoms with van der Waals surface area (Å²) in [7, 11) is 1.69. The molecule has 0 amide bonds. The predicted molar refractivity (Wildman–Crippen MR) is 57.4 cm³/mol. The van der Waals surface area contributed by atoms with Gasteiger partial charge in [0.15, 0.2) is 0 Å². The molecular weight excluding hydrogens is 174 g/mol. The minimum absolute atomic E-state index is 0.747. The summed E-state index contributed by atoms with van der Waals surface area (Å²) in [6.45, 7) is 3.25. The monoisotopic (exact) mass is 191 g/mol. The Hall–Kier alpha value is -1.02. The van der Waals surface area contributed by atoms with Crippen molar-refractivity contribution in [1.82, 2.24) is 5.32 Å². The zero-order chi connectivity index (χ0) is 9.97. The van der Waals surface area contributed by atoms with E-state index < -0.39 is 0 Å². The van der Waals surface area contributed by atoms with Crippen LogP contribution in [0.1, 0.15) is 18.9 Å². The smallest absolute Gasteiger partial charge is 0.118 e. The minimum atomic E-state index is 0.747. The summed E-state index contributed by atoms with van der Waals surface area (Å²) in [6.07, 6.45) is 1.33. The Balaban J connectivity index is 1.84. The first-order chi connectivity index (χ1) is 6.79. The van der Waals surface area contributed by atoms with Gasteiger partial charge in [0.1, 0.15) is 5.75 Å². The summed E-state index contributed by atoms with van der Waals surface area (Å²) in [5.41, 5.74) is 1.32. The van der Waals surface area contributed by atoms with Crippen LogP contribution in [0.15, 0.2) is 24.3 Å². The maximum atomic E-state index is 5.10. The molecule has 1 saturated carbocycles. The molecule has 0 radical (unpaired) electrons. The van der Waals surface area contributed by atoms with Crippen molar-refractivity contribution in [2.45, 2.75) is 25.9 Å². The van der Waals surface area contributed by atoms with Gasteiger partial charge in [-0.1, -0.05) is 19.1 Å². The van der Waals surface area contributed by atoms with Crippen LogP contribution in [0.25, 0.3) is 0 Å². The SMILES string of the molecule is COc1ccc(CN[C@H]2C[C@@H]2C)cc1. The molecule has 2 nitrogen and oxygen atoms in total. The maximum absolute atomic E-state index is 5.10. The highest BCUT2D eigenvalue weighted by molar-refractivity contribution is 5.27. The van der Waals surface area contributed by atoms with Crippen molar-refractivity contribution < 1.29 is 4.74 Å². The lowest BCUT2D eigenvalue weighted by atomic mass is 10.2. The molecule has 1 aromatic carbocycles. The molecule has 1 N–H and O–H groups in total. The molecular formula is C12H17NO. The van der Waals surface area contributed by atoms with E-state index in [1.165, 1.54) is 12.0 Å². The Morgan fingerprint density at radius 2 is 2.00 bits per heavy atom. The lowest BCUT2D eigenvalue weighted by Gasteiger charge is -2.04. The highest BCUT2D eigenvalue weighted by Crippen LogP contribution is 2.29. The largest absolute Gasteiger partial charge is 0.497 e. The molecule has 0 unspecified atom stereocenters. The number of ether oxygens (including phenoxy) is 1. The Bertz CT molecular complexity index is 294. The first kappa shape index (κ1) is 9.53. The first-order valence-electron chi connectivity index (χ1n) is 5.16. The van der Waals surface area contributed by atoms with E-state index in [1.807, 2.05) is 12.1 Å². The van der Waals surface area contributed by atoms with Crippen molar-refractivity contribution in [2.24, 2.45) is 5.92 Å². The number of hydrogen-bond acceptors (Lipinski definition) is 2. The van der Waals surface area contributed by atoms with Crippen molar-refractivity contribution in [3.05, 3.63) is 29.8 Å². The van der Waals surface area contributed by atoms with Gasteiger partial charge in [-0.15, -0.1) is 0 Å². The number of rotatable bonds is 4. The van der Waals surface area contributed by atoms with Gasteiger partial charge in [-0.2, -0.15) is 0 Å². The van der Waals surface area contributed by atoms with Gasteiger partial charge in [0.2, 0.25) is 0 Å². The van der Waals surface area contributed by atoms with Gasteiger partial charge >= 0.3 is 0 Å². The summed E-state index contributed by atoms with van der Waals surface area (Å²) in [5.74, 6) is 1.79. The quantitative estimate of drug-likeness (QED) is 0.787. The van der Waals surface area contributed by atoms with Crippen LogP contribution in [-0.4, -0.2) is 13.2 Å². The van der Waals surface area contributed by atoms with Crippen LogP contribution >= 0.6 is 0 Å². The Morgan fingerprint density at radius 1 is 1.36 bits per heavy atom. The maximum Gasteiger partial charge on any atom is 0.118 e. The molecule has 1 aliphatic carbocycles. The van der Waals surface area contributed by atoms with E-state index in [0.29, 0.717) is 0 Å². The average Bonchev–Trinajstić information content (AvgIpc) is 2.92. The normalized spacial score (nSPS) is 24.7. The van der Waals surface area contributed by atoms with Gasteiger partial charge in [-0.3, -0.25) is 0 Å². The number of benzene rings is 1. The molecule has 1 fully saturated rings. The highest BCUT2D eigenvalue weighted by Gasteiger charge is 2.31. The fraction of sp³-hybridized carbons (Fsp3) is 0.500. The molecule has 76 valence electrons. The summed E-state index contributed by atoms with van der Waals surface area (Å²) >= 11 is 0. The summed E-state index contributed by atoms with van der Waals surface area (Å²) in [6, 6.07) is 8.98. The molecule has 1 aliphatic rings. The van der Waals surface area contributed by atoms with Gasteiger partial charge in [0.05, 0.1) is 7.11 Å². The number of methoxy groups -OCH3 is 1. The molecule has 0 saturated heterocycles. The number of hydrogen-bond donors (Lipinski definition) is 1. The second-order valence-corrected chi connectivity index (χ2v) is 4.05. The summed E-state index contributed by atoms with van der Waals surface area (Å²) < 4.78 is 5.10. The van der Waals surface area contributed by atoms with E-state index in [4.69, 9.17) is 4.74 Å². The third-order valence-corrected chi connectivity index (χ3v) is 2.84. The fourth-order valence-electron chi connectivity index (χ4n) is 1.60. The van der Waals surface area contributed by atoms with Gasteiger partial charge in [0, 0.05) is 12.6 Å². The van der Waals surface area contributed by atoms with Crippen molar-refractivity contribution in [3.63, 3.8) is 0 Å². The minimum Gasteiger partial charge on any atom is -0.497 e. The number of nitrogens with one attached hydrogen (secondary N) is 1. The molecule has 2 heteroatoms. The van der Waals surface area contributed by atoms with Crippen LogP contribution in [0.3, 0.4) is 0 Å². The summed E-state index contributed by atoms with van der Waals surface area (Å²) in [5, 5.41) is 3.52. The Kier molecular flexibility index (Phi) is 2.73. The third-order valence-electron chi connectivity index (χ3n) is 2.84.